The molecule has 0 heterocycles. The van der Waals surface area contributed by atoms with Gasteiger partial charge in [-0.2, -0.15) is 0 Å². The quantitative estimate of drug-likeness (QED) is 0.777. The Labute approximate surface area is 103 Å². The highest BCUT2D eigenvalue weighted by atomic mass is 19.1. The molecule has 2 heteroatoms. The van der Waals surface area contributed by atoms with E-state index in [1.165, 1.54) is 31.7 Å². The van der Waals surface area contributed by atoms with Gasteiger partial charge in [-0.3, -0.25) is 0 Å². The summed E-state index contributed by atoms with van der Waals surface area (Å²) in [4.78, 5) is 0. The van der Waals surface area contributed by atoms with Crippen molar-refractivity contribution in [1.82, 2.24) is 0 Å². The van der Waals surface area contributed by atoms with E-state index >= 15 is 0 Å². The van der Waals surface area contributed by atoms with E-state index in [-0.39, 0.29) is 11.4 Å². The molecule has 1 nitrogen and oxygen atoms in total. The molecule has 0 atom stereocenters. The normalized spacial score (nSPS) is 19.9. The maximum absolute atomic E-state index is 13.3. The van der Waals surface area contributed by atoms with Gasteiger partial charge in [0.25, 0.3) is 0 Å². The first-order valence-corrected chi connectivity index (χ1v) is 6.63. The van der Waals surface area contributed by atoms with Crippen molar-refractivity contribution in [3.8, 4) is 0 Å². The first-order valence-electron chi connectivity index (χ1n) is 6.63. The van der Waals surface area contributed by atoms with Crippen molar-refractivity contribution in [3.05, 3.63) is 35.1 Å². The van der Waals surface area contributed by atoms with E-state index in [1.807, 2.05) is 13.0 Å². The van der Waals surface area contributed by atoms with Gasteiger partial charge in [-0.05, 0) is 49.4 Å². The minimum Gasteiger partial charge on any atom is -0.325 e. The Hall–Kier alpha value is -0.890. The predicted molar refractivity (Wildman–Crippen MR) is 69.5 cm³/mol. The van der Waals surface area contributed by atoms with Crippen LogP contribution in [-0.2, 0) is 6.42 Å². The Kier molecular flexibility index (Phi) is 3.82. The van der Waals surface area contributed by atoms with Crippen LogP contribution in [0, 0.1) is 12.7 Å². The second-order valence-corrected chi connectivity index (χ2v) is 5.52. The summed E-state index contributed by atoms with van der Waals surface area (Å²) in [5.74, 6) is -0.150. The van der Waals surface area contributed by atoms with E-state index in [1.54, 1.807) is 6.07 Å². The maximum atomic E-state index is 13.3. The summed E-state index contributed by atoms with van der Waals surface area (Å²) in [6.45, 7) is 2.04. The molecule has 2 N–H and O–H groups in total. The van der Waals surface area contributed by atoms with Gasteiger partial charge in [0.05, 0.1) is 0 Å². The minimum absolute atomic E-state index is 0.116. The lowest BCUT2D eigenvalue weighted by Gasteiger charge is -2.29. The highest BCUT2D eigenvalue weighted by molar-refractivity contribution is 5.28. The monoisotopic (exact) mass is 235 g/mol. The highest BCUT2D eigenvalue weighted by Gasteiger charge is 2.27. The number of hydrogen-bond acceptors (Lipinski definition) is 1. The van der Waals surface area contributed by atoms with Crippen molar-refractivity contribution in [2.75, 3.05) is 0 Å². The largest absolute Gasteiger partial charge is 0.325 e. The fourth-order valence-corrected chi connectivity index (χ4v) is 2.82. The molecule has 1 saturated carbocycles. The van der Waals surface area contributed by atoms with Crippen molar-refractivity contribution in [2.24, 2.45) is 5.73 Å². The van der Waals surface area contributed by atoms with Crippen LogP contribution >= 0.6 is 0 Å². The van der Waals surface area contributed by atoms with Crippen molar-refractivity contribution in [1.29, 1.82) is 0 Å². The summed E-state index contributed by atoms with van der Waals surface area (Å²) in [5, 5.41) is 0. The van der Waals surface area contributed by atoms with Crippen LogP contribution in [0.25, 0.3) is 0 Å². The lowest BCUT2D eigenvalue weighted by atomic mass is 9.84. The van der Waals surface area contributed by atoms with Crippen LogP contribution < -0.4 is 5.73 Å². The molecule has 0 spiro atoms. The van der Waals surface area contributed by atoms with Crippen LogP contribution in [-0.4, -0.2) is 5.54 Å². The van der Waals surface area contributed by atoms with Crippen molar-refractivity contribution < 1.29 is 4.39 Å². The van der Waals surface area contributed by atoms with Crippen LogP contribution in [0.2, 0.25) is 0 Å². The Balaban J connectivity index is 2.15. The molecule has 0 bridgehead atoms. The number of nitrogens with two attached hydrogens (primary N) is 1. The molecule has 1 aliphatic carbocycles. The Morgan fingerprint density at radius 2 is 1.82 bits per heavy atom. The molecule has 0 radical (unpaired) electrons. The first-order chi connectivity index (χ1) is 8.09. The maximum Gasteiger partial charge on any atom is 0.123 e. The molecular formula is C15H22FN. The second kappa shape index (κ2) is 5.18. The predicted octanol–water partition coefficient (Wildman–Crippen LogP) is 3.73. The summed E-state index contributed by atoms with van der Waals surface area (Å²) in [7, 11) is 0. The molecule has 94 valence electrons. The number of halogens is 1. The lowest BCUT2D eigenvalue weighted by molar-refractivity contribution is 0.368. The zero-order valence-electron chi connectivity index (χ0n) is 10.6. The fourth-order valence-electron chi connectivity index (χ4n) is 2.82. The highest BCUT2D eigenvalue weighted by Crippen LogP contribution is 2.29. The third-order valence-corrected chi connectivity index (χ3v) is 3.95. The van der Waals surface area contributed by atoms with Crippen LogP contribution in [0.5, 0.6) is 0 Å². The van der Waals surface area contributed by atoms with Crippen LogP contribution in [0.4, 0.5) is 4.39 Å². The number of rotatable bonds is 2. The van der Waals surface area contributed by atoms with E-state index in [0.717, 1.165) is 30.4 Å². The van der Waals surface area contributed by atoms with Gasteiger partial charge in [-0.1, -0.05) is 31.7 Å². The molecule has 0 amide bonds. The van der Waals surface area contributed by atoms with Gasteiger partial charge < -0.3 is 5.73 Å². The summed E-state index contributed by atoms with van der Waals surface area (Å²) in [5.41, 5.74) is 8.60. The van der Waals surface area contributed by atoms with E-state index in [4.69, 9.17) is 5.73 Å². The zero-order valence-corrected chi connectivity index (χ0v) is 10.6. The second-order valence-electron chi connectivity index (χ2n) is 5.52. The van der Waals surface area contributed by atoms with E-state index < -0.39 is 0 Å². The number of hydrogen-bond donors (Lipinski definition) is 1. The lowest BCUT2D eigenvalue weighted by Crippen LogP contribution is -2.41. The topological polar surface area (TPSA) is 26.0 Å². The average Bonchev–Trinajstić information content (AvgIpc) is 2.49. The minimum atomic E-state index is -0.150. The van der Waals surface area contributed by atoms with Gasteiger partial charge in [0.2, 0.25) is 0 Å². The molecule has 0 unspecified atom stereocenters. The van der Waals surface area contributed by atoms with Gasteiger partial charge >= 0.3 is 0 Å². The molecule has 1 aliphatic rings. The van der Waals surface area contributed by atoms with Crippen LogP contribution in [0.15, 0.2) is 18.2 Å². The Bertz CT molecular complexity index is 379. The van der Waals surface area contributed by atoms with Crippen molar-refractivity contribution >= 4 is 0 Å². The molecule has 1 fully saturated rings. The first kappa shape index (κ1) is 12.6. The molecule has 1 aromatic rings. The third-order valence-electron chi connectivity index (χ3n) is 3.95. The fraction of sp³-hybridized carbons (Fsp3) is 0.600. The van der Waals surface area contributed by atoms with Gasteiger partial charge in [0.15, 0.2) is 0 Å². The van der Waals surface area contributed by atoms with Gasteiger partial charge in [-0.15, -0.1) is 0 Å². The van der Waals surface area contributed by atoms with Crippen molar-refractivity contribution in [2.45, 2.75) is 57.4 Å². The number of benzene rings is 1. The third kappa shape index (κ3) is 3.29. The van der Waals surface area contributed by atoms with Gasteiger partial charge in [0.1, 0.15) is 5.82 Å². The SMILES string of the molecule is Cc1ccc(F)cc1CC1(N)CCCCCC1. The summed E-state index contributed by atoms with van der Waals surface area (Å²) >= 11 is 0. The molecule has 2 rings (SSSR count). The standard InChI is InChI=1S/C15H22FN/c1-12-6-7-14(16)10-13(12)11-15(17)8-4-2-3-5-9-15/h6-7,10H,2-5,8-9,11,17H2,1H3. The van der Waals surface area contributed by atoms with Crippen LogP contribution in [0.1, 0.15) is 49.7 Å². The smallest absolute Gasteiger partial charge is 0.123 e. The average molecular weight is 235 g/mol. The Morgan fingerprint density at radius 1 is 1.18 bits per heavy atom. The number of aryl methyl sites for hydroxylation is 1. The van der Waals surface area contributed by atoms with Crippen molar-refractivity contribution in [3.63, 3.8) is 0 Å². The molecule has 0 aliphatic heterocycles. The molecular weight excluding hydrogens is 213 g/mol. The summed E-state index contributed by atoms with van der Waals surface area (Å²) < 4.78 is 13.3. The van der Waals surface area contributed by atoms with Crippen LogP contribution in [0.3, 0.4) is 0 Å². The Morgan fingerprint density at radius 3 is 2.47 bits per heavy atom. The zero-order chi connectivity index (χ0) is 12.3. The van der Waals surface area contributed by atoms with Gasteiger partial charge in [-0.25, -0.2) is 4.39 Å². The van der Waals surface area contributed by atoms with E-state index in [0.29, 0.717) is 0 Å². The molecule has 0 saturated heterocycles. The van der Waals surface area contributed by atoms with E-state index in [9.17, 15) is 4.39 Å². The summed E-state index contributed by atoms with van der Waals surface area (Å²) in [6, 6.07) is 5.02. The molecule has 1 aromatic carbocycles. The molecule has 0 aromatic heterocycles. The van der Waals surface area contributed by atoms with Gasteiger partial charge in [0, 0.05) is 5.54 Å². The van der Waals surface area contributed by atoms with E-state index in [2.05, 4.69) is 0 Å². The molecule has 17 heavy (non-hydrogen) atoms. The summed E-state index contributed by atoms with van der Waals surface area (Å²) in [6.07, 6.45) is 7.97.